The molecule has 0 unspecified atom stereocenters. The topological polar surface area (TPSA) is 47.6 Å². The first-order valence-corrected chi connectivity index (χ1v) is 6.76. The maximum Gasteiger partial charge on any atom is 0.228 e. The van der Waals surface area contributed by atoms with E-state index in [0.29, 0.717) is 16.5 Å². The van der Waals surface area contributed by atoms with Crippen molar-refractivity contribution in [3.05, 3.63) is 53.1 Å². The Labute approximate surface area is 128 Å². The van der Waals surface area contributed by atoms with Crippen molar-refractivity contribution in [2.75, 3.05) is 19.5 Å². The van der Waals surface area contributed by atoms with Gasteiger partial charge in [0.25, 0.3) is 0 Å². The highest BCUT2D eigenvalue weighted by Crippen LogP contribution is 2.27. The summed E-state index contributed by atoms with van der Waals surface area (Å²) in [5, 5.41) is 3.26. The van der Waals surface area contributed by atoms with E-state index in [0.717, 1.165) is 11.3 Å². The van der Waals surface area contributed by atoms with E-state index in [-0.39, 0.29) is 12.3 Å². The van der Waals surface area contributed by atoms with E-state index in [9.17, 15) is 4.79 Å². The van der Waals surface area contributed by atoms with Gasteiger partial charge in [-0.15, -0.1) is 0 Å². The van der Waals surface area contributed by atoms with Gasteiger partial charge < -0.3 is 14.8 Å². The number of halogens is 1. The van der Waals surface area contributed by atoms with Gasteiger partial charge in [-0.05, 0) is 35.9 Å². The maximum absolute atomic E-state index is 12.0. The molecule has 0 atom stereocenters. The summed E-state index contributed by atoms with van der Waals surface area (Å²) in [5.74, 6) is 1.18. The molecular formula is C16H16ClNO3. The Morgan fingerprint density at radius 2 is 1.95 bits per heavy atom. The van der Waals surface area contributed by atoms with Crippen molar-refractivity contribution in [3.63, 3.8) is 0 Å². The lowest BCUT2D eigenvalue weighted by Crippen LogP contribution is -2.14. The molecule has 0 aliphatic heterocycles. The minimum absolute atomic E-state index is 0.121. The van der Waals surface area contributed by atoms with Crippen LogP contribution in [0.15, 0.2) is 42.5 Å². The fraction of sp³-hybridized carbons (Fsp3) is 0.188. The summed E-state index contributed by atoms with van der Waals surface area (Å²) >= 11 is 6.02. The lowest BCUT2D eigenvalue weighted by molar-refractivity contribution is -0.115. The monoisotopic (exact) mass is 305 g/mol. The summed E-state index contributed by atoms with van der Waals surface area (Å²) in [6, 6.07) is 12.5. The quantitative estimate of drug-likeness (QED) is 0.919. The zero-order valence-electron chi connectivity index (χ0n) is 11.9. The van der Waals surface area contributed by atoms with Crippen LogP contribution in [-0.2, 0) is 11.2 Å². The number of hydrogen-bond acceptors (Lipinski definition) is 3. The molecule has 21 heavy (non-hydrogen) atoms. The molecule has 0 aromatic heterocycles. The number of ether oxygens (including phenoxy) is 2. The van der Waals surface area contributed by atoms with E-state index in [1.807, 2.05) is 24.3 Å². The summed E-state index contributed by atoms with van der Waals surface area (Å²) < 4.78 is 10.2. The molecule has 0 fully saturated rings. The van der Waals surface area contributed by atoms with Crippen LogP contribution in [-0.4, -0.2) is 20.1 Å². The standard InChI is InChI=1S/C16H16ClNO3/c1-20-13-5-3-4-11(8-13)9-16(19)18-12-6-7-15(21-2)14(17)10-12/h3-8,10H,9H2,1-2H3,(H,18,19). The second-order valence-corrected chi connectivity index (χ2v) is 4.83. The molecule has 5 heteroatoms. The first kappa shape index (κ1) is 15.2. The highest BCUT2D eigenvalue weighted by molar-refractivity contribution is 6.32. The van der Waals surface area contributed by atoms with Crippen LogP contribution < -0.4 is 14.8 Å². The Morgan fingerprint density at radius 1 is 1.14 bits per heavy atom. The highest BCUT2D eigenvalue weighted by atomic mass is 35.5. The molecule has 0 aliphatic carbocycles. The molecule has 4 nitrogen and oxygen atoms in total. The normalized spacial score (nSPS) is 10.0. The van der Waals surface area contributed by atoms with Crippen LogP contribution in [0, 0.1) is 0 Å². The summed E-state index contributed by atoms with van der Waals surface area (Å²) in [5.41, 5.74) is 1.51. The number of nitrogens with one attached hydrogen (secondary N) is 1. The number of amides is 1. The molecule has 1 amide bonds. The number of methoxy groups -OCH3 is 2. The molecule has 0 spiro atoms. The maximum atomic E-state index is 12.0. The van der Waals surface area contributed by atoms with Gasteiger partial charge in [0.05, 0.1) is 25.7 Å². The van der Waals surface area contributed by atoms with Crippen molar-refractivity contribution in [2.24, 2.45) is 0 Å². The predicted octanol–water partition coefficient (Wildman–Crippen LogP) is 3.54. The fourth-order valence-electron chi connectivity index (χ4n) is 1.92. The largest absolute Gasteiger partial charge is 0.497 e. The van der Waals surface area contributed by atoms with Crippen LogP contribution in [0.5, 0.6) is 11.5 Å². The van der Waals surface area contributed by atoms with E-state index >= 15 is 0 Å². The van der Waals surface area contributed by atoms with Crippen LogP contribution in [0.1, 0.15) is 5.56 Å². The van der Waals surface area contributed by atoms with Crippen LogP contribution in [0.4, 0.5) is 5.69 Å². The smallest absolute Gasteiger partial charge is 0.228 e. The molecule has 2 aromatic carbocycles. The van der Waals surface area contributed by atoms with Crippen molar-refractivity contribution in [1.82, 2.24) is 0 Å². The van der Waals surface area contributed by atoms with Gasteiger partial charge in [0, 0.05) is 5.69 Å². The van der Waals surface area contributed by atoms with Crippen LogP contribution >= 0.6 is 11.6 Å². The Bertz CT molecular complexity index is 643. The van der Waals surface area contributed by atoms with E-state index in [1.165, 1.54) is 0 Å². The van der Waals surface area contributed by atoms with Crippen molar-refractivity contribution < 1.29 is 14.3 Å². The fourth-order valence-corrected chi connectivity index (χ4v) is 2.17. The first-order chi connectivity index (χ1) is 10.1. The second-order valence-electron chi connectivity index (χ2n) is 4.43. The number of anilines is 1. The lowest BCUT2D eigenvalue weighted by Gasteiger charge is -2.08. The van der Waals surface area contributed by atoms with Gasteiger partial charge in [-0.25, -0.2) is 0 Å². The van der Waals surface area contributed by atoms with E-state index in [4.69, 9.17) is 21.1 Å². The lowest BCUT2D eigenvalue weighted by atomic mass is 10.1. The van der Waals surface area contributed by atoms with Crippen LogP contribution in [0.2, 0.25) is 5.02 Å². The zero-order chi connectivity index (χ0) is 15.2. The second kappa shape index (κ2) is 6.99. The summed E-state index contributed by atoms with van der Waals surface area (Å²) in [4.78, 5) is 12.0. The SMILES string of the molecule is COc1cccc(CC(=O)Nc2ccc(OC)c(Cl)c2)c1. The Kier molecular flexibility index (Phi) is 5.06. The molecular weight excluding hydrogens is 290 g/mol. The summed E-state index contributed by atoms with van der Waals surface area (Å²) in [6.45, 7) is 0. The average Bonchev–Trinajstić information content (AvgIpc) is 2.47. The van der Waals surface area contributed by atoms with Gasteiger partial charge >= 0.3 is 0 Å². The molecule has 2 aromatic rings. The molecule has 0 aliphatic rings. The highest BCUT2D eigenvalue weighted by Gasteiger charge is 2.07. The van der Waals surface area contributed by atoms with Crippen molar-refractivity contribution in [3.8, 4) is 11.5 Å². The molecule has 0 saturated heterocycles. The van der Waals surface area contributed by atoms with Crippen molar-refractivity contribution >= 4 is 23.2 Å². The van der Waals surface area contributed by atoms with Gasteiger partial charge in [-0.1, -0.05) is 23.7 Å². The third-order valence-corrected chi connectivity index (χ3v) is 3.23. The predicted molar refractivity (Wildman–Crippen MR) is 83.3 cm³/mol. The number of hydrogen-bond donors (Lipinski definition) is 1. The average molecular weight is 306 g/mol. The summed E-state index contributed by atoms with van der Waals surface area (Å²) in [7, 11) is 3.14. The number of carbonyl (C=O) groups excluding carboxylic acids is 1. The molecule has 0 heterocycles. The first-order valence-electron chi connectivity index (χ1n) is 6.38. The molecule has 110 valence electrons. The van der Waals surface area contributed by atoms with Gasteiger partial charge in [0.15, 0.2) is 0 Å². The zero-order valence-corrected chi connectivity index (χ0v) is 12.6. The van der Waals surface area contributed by atoms with E-state index in [2.05, 4.69) is 5.32 Å². The van der Waals surface area contributed by atoms with Gasteiger partial charge in [0.2, 0.25) is 5.91 Å². The van der Waals surface area contributed by atoms with Gasteiger partial charge in [-0.2, -0.15) is 0 Å². The van der Waals surface area contributed by atoms with Crippen LogP contribution in [0.3, 0.4) is 0 Å². The molecule has 0 saturated carbocycles. The van der Waals surface area contributed by atoms with Crippen LogP contribution in [0.25, 0.3) is 0 Å². The molecule has 0 radical (unpaired) electrons. The van der Waals surface area contributed by atoms with Gasteiger partial charge in [-0.3, -0.25) is 4.79 Å². The number of rotatable bonds is 5. The van der Waals surface area contributed by atoms with Crippen molar-refractivity contribution in [1.29, 1.82) is 0 Å². The molecule has 0 bridgehead atoms. The number of carbonyl (C=O) groups is 1. The Balaban J connectivity index is 2.02. The Morgan fingerprint density at radius 3 is 2.62 bits per heavy atom. The molecule has 1 N–H and O–H groups in total. The Hall–Kier alpha value is -2.20. The summed E-state index contributed by atoms with van der Waals surface area (Å²) in [6.07, 6.45) is 0.265. The minimum atomic E-state index is -0.121. The van der Waals surface area contributed by atoms with E-state index < -0.39 is 0 Å². The van der Waals surface area contributed by atoms with Gasteiger partial charge in [0.1, 0.15) is 11.5 Å². The molecule has 2 rings (SSSR count). The van der Waals surface area contributed by atoms with E-state index in [1.54, 1.807) is 32.4 Å². The van der Waals surface area contributed by atoms with Crippen molar-refractivity contribution in [2.45, 2.75) is 6.42 Å². The third kappa shape index (κ3) is 4.13. The third-order valence-electron chi connectivity index (χ3n) is 2.93. The number of benzene rings is 2. The minimum Gasteiger partial charge on any atom is -0.497 e.